The maximum Gasteiger partial charge on any atom is 0.0796 e. The Hall–Kier alpha value is -1.35. The van der Waals surface area contributed by atoms with Gasteiger partial charge in [-0.05, 0) is 37.6 Å². The molecule has 0 saturated heterocycles. The van der Waals surface area contributed by atoms with Gasteiger partial charge in [-0.25, -0.2) is 0 Å². The van der Waals surface area contributed by atoms with Crippen molar-refractivity contribution >= 4 is 17.6 Å². The van der Waals surface area contributed by atoms with Crippen molar-refractivity contribution in [2.75, 3.05) is 6.26 Å². The van der Waals surface area contributed by atoms with Gasteiger partial charge in [0, 0.05) is 17.9 Å². The van der Waals surface area contributed by atoms with Crippen molar-refractivity contribution < 1.29 is 0 Å². The molecule has 1 aromatic rings. The van der Waals surface area contributed by atoms with Crippen LogP contribution in [-0.2, 0) is 0 Å². The highest BCUT2D eigenvalue weighted by Crippen LogP contribution is 2.44. The molecule has 1 unspecified atom stereocenters. The average Bonchev–Trinajstić information content (AvgIpc) is 3.00. The van der Waals surface area contributed by atoms with E-state index in [1.54, 1.807) is 18.1 Å². The molecule has 17 heavy (non-hydrogen) atoms. The predicted molar refractivity (Wildman–Crippen MR) is 76.1 cm³/mol. The number of benzene rings is 1. The number of hydrogen-bond acceptors (Lipinski definition) is 3. The molecule has 90 valence electrons. The van der Waals surface area contributed by atoms with Gasteiger partial charge in [0.05, 0.1) is 11.4 Å². The van der Waals surface area contributed by atoms with E-state index in [0.29, 0.717) is 6.04 Å². The molecular weight excluding hydrogens is 228 g/mol. The first kappa shape index (κ1) is 12.1. The monoisotopic (exact) mass is 246 g/mol. The van der Waals surface area contributed by atoms with E-state index in [4.69, 9.17) is 0 Å². The van der Waals surface area contributed by atoms with Crippen LogP contribution in [0.5, 0.6) is 0 Å². The molecular formula is C14H18N2S. The number of hydrogen-bond donors (Lipinski definition) is 1. The smallest absolute Gasteiger partial charge is 0.0796 e. The summed E-state index contributed by atoms with van der Waals surface area (Å²) in [6.45, 7) is 7.97. The molecule has 0 aliphatic carbocycles. The van der Waals surface area contributed by atoms with E-state index in [1.165, 1.54) is 22.5 Å². The number of nitrogens with one attached hydrogen (secondary N) is 1. The van der Waals surface area contributed by atoms with Crippen molar-refractivity contribution in [2.45, 2.75) is 19.9 Å². The Morgan fingerprint density at radius 2 is 2.00 bits per heavy atom. The molecule has 1 atom stereocenters. The summed E-state index contributed by atoms with van der Waals surface area (Å²) in [7, 11) is 0. The summed E-state index contributed by atoms with van der Waals surface area (Å²) in [6, 6.07) is 9.03. The van der Waals surface area contributed by atoms with Gasteiger partial charge in [0.1, 0.15) is 0 Å². The van der Waals surface area contributed by atoms with Crippen LogP contribution in [0, 0.1) is 0 Å². The first-order chi connectivity index (χ1) is 8.19. The highest BCUT2D eigenvalue weighted by molar-refractivity contribution is 7.97. The van der Waals surface area contributed by atoms with E-state index < -0.39 is 0 Å². The van der Waals surface area contributed by atoms with E-state index in [2.05, 4.69) is 60.6 Å². The molecule has 1 aliphatic rings. The lowest BCUT2D eigenvalue weighted by molar-refractivity contribution is 0.687. The van der Waals surface area contributed by atoms with Crippen LogP contribution in [0.15, 0.2) is 42.7 Å². The van der Waals surface area contributed by atoms with Crippen molar-refractivity contribution in [1.82, 2.24) is 9.62 Å². The standard InChI is InChI=1S/C14H18N2S/c1-5-15-10(2)12-6-8-13(9-7-12)14-11(3)16(14)17-4/h5-10,15H,1H2,2-4H3. The van der Waals surface area contributed by atoms with E-state index in [9.17, 15) is 0 Å². The highest BCUT2D eigenvalue weighted by atomic mass is 32.2. The molecule has 0 bridgehead atoms. The summed E-state index contributed by atoms with van der Waals surface area (Å²) in [5, 5.41) is 3.19. The Balaban J connectivity index is 2.12. The largest absolute Gasteiger partial charge is 0.385 e. The van der Waals surface area contributed by atoms with Crippen LogP contribution in [0.2, 0.25) is 0 Å². The van der Waals surface area contributed by atoms with E-state index in [-0.39, 0.29) is 0 Å². The Morgan fingerprint density at radius 3 is 2.47 bits per heavy atom. The van der Waals surface area contributed by atoms with Crippen molar-refractivity contribution in [3.63, 3.8) is 0 Å². The van der Waals surface area contributed by atoms with Gasteiger partial charge in [0.15, 0.2) is 0 Å². The molecule has 0 spiro atoms. The SMILES string of the molecule is C=CNC(C)c1ccc(C2=C(C)N2SC)cc1. The van der Waals surface area contributed by atoms with Crippen molar-refractivity contribution in [2.24, 2.45) is 0 Å². The maximum absolute atomic E-state index is 3.68. The molecule has 0 aromatic heterocycles. The number of nitrogens with zero attached hydrogens (tertiary/aromatic N) is 1. The fourth-order valence-corrected chi connectivity index (χ4v) is 2.73. The van der Waals surface area contributed by atoms with Crippen LogP contribution < -0.4 is 5.32 Å². The Morgan fingerprint density at radius 1 is 1.35 bits per heavy atom. The summed E-state index contributed by atoms with van der Waals surface area (Å²) in [4.78, 5) is 0. The van der Waals surface area contributed by atoms with Crippen LogP contribution in [0.3, 0.4) is 0 Å². The summed E-state index contributed by atoms with van der Waals surface area (Å²) < 4.78 is 2.25. The molecule has 2 nitrogen and oxygen atoms in total. The second-order valence-corrected chi connectivity index (χ2v) is 4.86. The third-order valence-corrected chi connectivity index (χ3v) is 3.86. The Labute approximate surface area is 108 Å². The van der Waals surface area contributed by atoms with Crippen molar-refractivity contribution in [3.05, 3.63) is 53.9 Å². The minimum atomic E-state index is 0.312. The minimum absolute atomic E-state index is 0.312. The molecule has 1 aromatic carbocycles. The molecule has 1 aliphatic heterocycles. The second-order valence-electron chi connectivity index (χ2n) is 4.13. The van der Waals surface area contributed by atoms with Crippen molar-refractivity contribution in [3.8, 4) is 0 Å². The molecule has 0 radical (unpaired) electrons. The average molecular weight is 246 g/mol. The summed E-state index contributed by atoms with van der Waals surface area (Å²) in [5.41, 5.74) is 5.30. The zero-order valence-corrected chi connectivity index (χ0v) is 11.3. The van der Waals surface area contributed by atoms with Gasteiger partial charge < -0.3 is 5.32 Å². The molecule has 0 fully saturated rings. The zero-order chi connectivity index (χ0) is 12.4. The Bertz CT molecular complexity index is 448. The molecule has 1 N–H and O–H groups in total. The van der Waals surface area contributed by atoms with Crippen LogP contribution in [-0.4, -0.2) is 10.6 Å². The van der Waals surface area contributed by atoms with E-state index >= 15 is 0 Å². The molecule has 0 amide bonds. The first-order valence-corrected chi connectivity index (χ1v) is 6.89. The van der Waals surface area contributed by atoms with Gasteiger partial charge >= 0.3 is 0 Å². The lowest BCUT2D eigenvalue weighted by Gasteiger charge is -2.12. The number of allylic oxidation sites excluding steroid dienone is 1. The van der Waals surface area contributed by atoms with Crippen LogP contribution in [0.1, 0.15) is 31.0 Å². The van der Waals surface area contributed by atoms with Gasteiger partial charge in [-0.3, -0.25) is 4.31 Å². The van der Waals surface area contributed by atoms with Crippen LogP contribution in [0.25, 0.3) is 5.70 Å². The minimum Gasteiger partial charge on any atom is -0.385 e. The zero-order valence-electron chi connectivity index (χ0n) is 10.5. The Kier molecular flexibility index (Phi) is 3.48. The molecule has 2 rings (SSSR count). The normalized spacial score (nSPS) is 15.8. The summed E-state index contributed by atoms with van der Waals surface area (Å²) >= 11 is 1.75. The number of rotatable bonds is 5. The quantitative estimate of drug-likeness (QED) is 0.796. The predicted octanol–water partition coefficient (Wildman–Crippen LogP) is 3.76. The fraction of sp³-hybridized carbons (Fsp3) is 0.286. The molecule has 0 saturated carbocycles. The second kappa shape index (κ2) is 4.88. The van der Waals surface area contributed by atoms with E-state index in [1.807, 2.05) is 0 Å². The highest BCUT2D eigenvalue weighted by Gasteiger charge is 2.29. The van der Waals surface area contributed by atoms with Crippen LogP contribution in [0.4, 0.5) is 0 Å². The lowest BCUT2D eigenvalue weighted by Crippen LogP contribution is -2.10. The van der Waals surface area contributed by atoms with Gasteiger partial charge in [-0.2, -0.15) is 0 Å². The lowest BCUT2D eigenvalue weighted by atomic mass is 10.1. The van der Waals surface area contributed by atoms with Gasteiger partial charge in [0.25, 0.3) is 0 Å². The first-order valence-electron chi connectivity index (χ1n) is 5.71. The third-order valence-electron chi connectivity index (χ3n) is 3.03. The van der Waals surface area contributed by atoms with Crippen molar-refractivity contribution in [1.29, 1.82) is 0 Å². The van der Waals surface area contributed by atoms with Gasteiger partial charge in [0.2, 0.25) is 0 Å². The fourth-order valence-electron chi connectivity index (χ4n) is 1.99. The molecule has 3 heteroatoms. The maximum atomic E-state index is 3.68. The summed E-state index contributed by atoms with van der Waals surface area (Å²) in [5.74, 6) is 0. The van der Waals surface area contributed by atoms with Gasteiger partial charge in [-0.15, -0.1) is 0 Å². The molecule has 1 heterocycles. The summed E-state index contributed by atoms with van der Waals surface area (Å²) in [6.07, 6.45) is 3.84. The van der Waals surface area contributed by atoms with Crippen LogP contribution >= 0.6 is 11.9 Å². The third kappa shape index (κ3) is 2.34. The van der Waals surface area contributed by atoms with Gasteiger partial charge in [-0.1, -0.05) is 30.8 Å². The topological polar surface area (TPSA) is 15.0 Å². The van der Waals surface area contributed by atoms with E-state index in [0.717, 1.165) is 0 Å².